The van der Waals surface area contributed by atoms with Gasteiger partial charge in [-0.15, -0.1) is 0 Å². The minimum Gasteiger partial charge on any atom is -0.497 e. The van der Waals surface area contributed by atoms with E-state index in [4.69, 9.17) is 4.74 Å². The number of carbonyl (C=O) groups excluding carboxylic acids is 1. The topological polar surface area (TPSA) is 102 Å². The molecule has 0 saturated carbocycles. The molecule has 1 saturated heterocycles. The number of anilines is 2. The van der Waals surface area contributed by atoms with Crippen molar-refractivity contribution in [2.45, 2.75) is 32.2 Å². The van der Waals surface area contributed by atoms with Crippen LogP contribution < -0.4 is 20.5 Å². The zero-order valence-electron chi connectivity index (χ0n) is 17.0. The molecule has 1 aliphatic heterocycles. The maximum atomic E-state index is 12.9. The monoisotopic (exact) mass is 408 g/mol. The lowest BCUT2D eigenvalue weighted by atomic mass is 10.1. The number of hydrogen-bond donors (Lipinski definition) is 1. The Labute approximate surface area is 173 Å². The lowest BCUT2D eigenvalue weighted by molar-refractivity contribution is -0.118. The van der Waals surface area contributed by atoms with Gasteiger partial charge in [-0.05, 0) is 50.5 Å². The van der Waals surface area contributed by atoms with E-state index in [0.717, 1.165) is 25.9 Å². The molecule has 9 heteroatoms. The smallest absolute Gasteiger partial charge is 0.265 e. The number of hydrogen-bond acceptors (Lipinski definition) is 7. The van der Waals surface area contributed by atoms with Crippen molar-refractivity contribution in [2.24, 2.45) is 0 Å². The number of nitrogens with zero attached hydrogens (tertiary/aromatic N) is 5. The van der Waals surface area contributed by atoms with Gasteiger partial charge in [0.15, 0.2) is 5.65 Å². The van der Waals surface area contributed by atoms with E-state index in [9.17, 15) is 9.59 Å². The Kier molecular flexibility index (Phi) is 5.60. The van der Waals surface area contributed by atoms with E-state index in [1.165, 1.54) is 23.5 Å². The third kappa shape index (κ3) is 3.96. The van der Waals surface area contributed by atoms with E-state index in [0.29, 0.717) is 28.4 Å². The molecule has 4 rings (SSSR count). The number of carbonyl (C=O) groups is 1. The van der Waals surface area contributed by atoms with Crippen molar-refractivity contribution in [3.05, 3.63) is 47.1 Å². The molecular weight excluding hydrogens is 384 g/mol. The van der Waals surface area contributed by atoms with E-state index in [-0.39, 0.29) is 11.5 Å². The van der Waals surface area contributed by atoms with Crippen LogP contribution in [0.5, 0.6) is 5.75 Å². The highest BCUT2D eigenvalue weighted by molar-refractivity contribution is 5.93. The Hall–Kier alpha value is -3.49. The average Bonchev–Trinajstić information content (AvgIpc) is 2.79. The second-order valence-corrected chi connectivity index (χ2v) is 7.31. The minimum absolute atomic E-state index is 0.294. The number of methoxy groups -OCH3 is 1. The van der Waals surface area contributed by atoms with Gasteiger partial charge in [-0.25, -0.2) is 9.97 Å². The summed E-state index contributed by atoms with van der Waals surface area (Å²) in [6.45, 7) is 3.47. The molecular formula is C21H24N6O3. The van der Waals surface area contributed by atoms with Gasteiger partial charge in [0.2, 0.25) is 11.9 Å². The van der Waals surface area contributed by atoms with Gasteiger partial charge in [0.25, 0.3) is 5.56 Å². The molecule has 0 aliphatic carbocycles. The lowest BCUT2D eigenvalue weighted by Gasteiger charge is -2.26. The Balaban J connectivity index is 1.56. The van der Waals surface area contributed by atoms with E-state index >= 15 is 0 Å². The number of ether oxygens (including phenoxy) is 1. The van der Waals surface area contributed by atoms with Gasteiger partial charge in [0, 0.05) is 25.0 Å². The number of fused-ring (bicyclic) bond motifs is 1. The molecule has 30 heavy (non-hydrogen) atoms. The summed E-state index contributed by atoms with van der Waals surface area (Å²) in [5.41, 5.74) is 0.612. The van der Waals surface area contributed by atoms with Crippen LogP contribution in [-0.2, 0) is 4.79 Å². The van der Waals surface area contributed by atoms with Gasteiger partial charge in [-0.3, -0.25) is 14.2 Å². The molecule has 0 spiro atoms. The predicted octanol–water partition coefficient (Wildman–Crippen LogP) is 2.39. The van der Waals surface area contributed by atoms with Gasteiger partial charge in [0.1, 0.15) is 23.5 Å². The summed E-state index contributed by atoms with van der Waals surface area (Å²) in [6, 6.07) is 6.22. The van der Waals surface area contributed by atoms with Crippen molar-refractivity contribution in [2.75, 3.05) is 30.4 Å². The number of piperidine rings is 1. The van der Waals surface area contributed by atoms with Crippen molar-refractivity contribution in [3.8, 4) is 5.75 Å². The first kappa shape index (κ1) is 19.8. The van der Waals surface area contributed by atoms with Crippen LogP contribution in [0.3, 0.4) is 0 Å². The molecule has 1 aromatic carbocycles. The summed E-state index contributed by atoms with van der Waals surface area (Å²) in [7, 11) is 1.58. The van der Waals surface area contributed by atoms with Crippen LogP contribution in [0.2, 0.25) is 0 Å². The molecule has 1 N–H and O–H groups in total. The molecule has 3 aromatic rings. The van der Waals surface area contributed by atoms with Gasteiger partial charge >= 0.3 is 0 Å². The lowest BCUT2D eigenvalue weighted by Crippen LogP contribution is -2.33. The minimum atomic E-state index is -0.752. The van der Waals surface area contributed by atoms with Crippen LogP contribution in [0.25, 0.3) is 11.0 Å². The fourth-order valence-corrected chi connectivity index (χ4v) is 3.49. The van der Waals surface area contributed by atoms with Gasteiger partial charge < -0.3 is 15.0 Å². The first-order valence-electron chi connectivity index (χ1n) is 10.0. The highest BCUT2D eigenvalue weighted by atomic mass is 16.5. The SMILES string of the molecule is COc1ccc(NC(=O)[C@H](C)n2cnc3nc(N4CCCCC4)ncc3c2=O)cc1. The normalized spacial score (nSPS) is 15.1. The quantitative estimate of drug-likeness (QED) is 0.691. The van der Waals surface area contributed by atoms with E-state index in [2.05, 4.69) is 25.2 Å². The molecule has 1 aliphatic rings. The van der Waals surface area contributed by atoms with Crippen molar-refractivity contribution in [1.82, 2.24) is 19.5 Å². The van der Waals surface area contributed by atoms with Crippen molar-refractivity contribution >= 4 is 28.6 Å². The molecule has 3 heterocycles. The second kappa shape index (κ2) is 8.48. The number of benzene rings is 1. The van der Waals surface area contributed by atoms with Crippen LogP contribution in [0.15, 0.2) is 41.6 Å². The molecule has 0 radical (unpaired) electrons. The first-order valence-corrected chi connectivity index (χ1v) is 10.0. The molecule has 0 bridgehead atoms. The van der Waals surface area contributed by atoms with Gasteiger partial charge in [0.05, 0.1) is 7.11 Å². The summed E-state index contributed by atoms with van der Waals surface area (Å²) in [5, 5.41) is 3.09. The van der Waals surface area contributed by atoms with Gasteiger partial charge in [-0.1, -0.05) is 0 Å². The number of nitrogens with one attached hydrogen (secondary N) is 1. The Morgan fingerprint density at radius 2 is 1.87 bits per heavy atom. The molecule has 1 amide bonds. The van der Waals surface area contributed by atoms with Gasteiger partial charge in [-0.2, -0.15) is 4.98 Å². The standard InChI is InChI=1S/C21H24N6O3/c1-14(19(28)24-15-6-8-16(30-2)9-7-15)27-13-23-18-17(20(27)29)12-22-21(25-18)26-10-4-3-5-11-26/h6-9,12-14H,3-5,10-11H2,1-2H3,(H,24,28)/t14-/m0/s1. The van der Waals surface area contributed by atoms with Crippen LogP contribution in [0.4, 0.5) is 11.6 Å². The van der Waals surface area contributed by atoms with Crippen LogP contribution in [0, 0.1) is 0 Å². The molecule has 0 unspecified atom stereocenters. The van der Waals surface area contributed by atoms with Crippen LogP contribution in [0.1, 0.15) is 32.2 Å². The largest absolute Gasteiger partial charge is 0.497 e. The Bertz CT molecular complexity index is 1110. The van der Waals surface area contributed by atoms with E-state index < -0.39 is 6.04 Å². The third-order valence-corrected chi connectivity index (χ3v) is 5.32. The first-order chi connectivity index (χ1) is 14.6. The summed E-state index contributed by atoms with van der Waals surface area (Å²) >= 11 is 0. The highest BCUT2D eigenvalue weighted by Crippen LogP contribution is 2.18. The number of rotatable bonds is 5. The fraction of sp³-hybridized carbons (Fsp3) is 0.381. The summed E-state index contributed by atoms with van der Waals surface area (Å²) in [5.74, 6) is 0.964. The third-order valence-electron chi connectivity index (χ3n) is 5.32. The van der Waals surface area contributed by atoms with Crippen LogP contribution in [-0.4, -0.2) is 45.6 Å². The van der Waals surface area contributed by atoms with E-state index in [1.807, 2.05) is 0 Å². The summed E-state index contributed by atoms with van der Waals surface area (Å²) in [4.78, 5) is 40.8. The molecule has 1 atom stereocenters. The van der Waals surface area contributed by atoms with Crippen molar-refractivity contribution in [1.29, 1.82) is 0 Å². The number of aromatic nitrogens is 4. The molecule has 9 nitrogen and oxygen atoms in total. The Morgan fingerprint density at radius 3 is 2.57 bits per heavy atom. The highest BCUT2D eigenvalue weighted by Gasteiger charge is 2.20. The maximum Gasteiger partial charge on any atom is 0.265 e. The van der Waals surface area contributed by atoms with E-state index in [1.54, 1.807) is 38.3 Å². The fourth-order valence-electron chi connectivity index (χ4n) is 3.49. The van der Waals surface area contributed by atoms with Crippen LogP contribution >= 0.6 is 0 Å². The Morgan fingerprint density at radius 1 is 1.13 bits per heavy atom. The second-order valence-electron chi connectivity index (χ2n) is 7.31. The predicted molar refractivity (Wildman–Crippen MR) is 114 cm³/mol. The van der Waals surface area contributed by atoms with Crippen molar-refractivity contribution in [3.63, 3.8) is 0 Å². The molecule has 1 fully saturated rings. The summed E-state index contributed by atoms with van der Waals surface area (Å²) < 4.78 is 6.41. The number of amides is 1. The average molecular weight is 408 g/mol. The molecule has 156 valence electrons. The molecule has 2 aromatic heterocycles. The zero-order chi connectivity index (χ0) is 21.1. The summed E-state index contributed by atoms with van der Waals surface area (Å²) in [6.07, 6.45) is 6.31. The zero-order valence-corrected chi connectivity index (χ0v) is 17.0. The van der Waals surface area contributed by atoms with Crippen molar-refractivity contribution < 1.29 is 9.53 Å². The maximum absolute atomic E-state index is 12.9.